The molecule has 5 rings (SSSR count). The number of thioether (sulfide) groups is 2. The van der Waals surface area contributed by atoms with Crippen molar-refractivity contribution in [2.45, 2.75) is 21.0 Å². The number of hydrogen-bond donors (Lipinski definition) is 1. The molecule has 4 atom stereocenters. The van der Waals surface area contributed by atoms with Crippen LogP contribution < -0.4 is 0 Å². The number of allylic oxidation sites excluding steroid dienone is 2. The van der Waals surface area contributed by atoms with E-state index in [1.807, 2.05) is 59.9 Å². The fourth-order valence-electron chi connectivity index (χ4n) is 3.99. The lowest BCUT2D eigenvalue weighted by atomic mass is 9.82. The van der Waals surface area contributed by atoms with Crippen LogP contribution in [0, 0.1) is 11.8 Å². The van der Waals surface area contributed by atoms with E-state index in [1.54, 1.807) is 7.05 Å². The molecule has 1 aromatic rings. The molecular weight excluding hydrogens is 370 g/mol. The predicted octanol–water partition coefficient (Wildman–Crippen LogP) is 3.81. The van der Waals surface area contributed by atoms with E-state index in [-0.39, 0.29) is 15.7 Å². The molecule has 3 aliphatic carbocycles. The highest BCUT2D eigenvalue weighted by Gasteiger charge is 2.51. The van der Waals surface area contributed by atoms with Gasteiger partial charge < -0.3 is 5.11 Å². The van der Waals surface area contributed by atoms with Gasteiger partial charge in [0.05, 0.1) is 19.6 Å². The zero-order chi connectivity index (χ0) is 17.5. The SMILES string of the molecule is CN=S(=O)(C[C@@]1(O)C=C[C@@H]2C=C[C@H]1CC21SCCS1)c1ccccc1. The van der Waals surface area contributed by atoms with Crippen LogP contribution in [0.15, 0.2) is 63.9 Å². The Hall–Kier alpha value is -0.690. The van der Waals surface area contributed by atoms with Gasteiger partial charge in [0.15, 0.2) is 0 Å². The molecule has 1 N–H and O–H groups in total. The van der Waals surface area contributed by atoms with Crippen LogP contribution in [0.4, 0.5) is 0 Å². The summed E-state index contributed by atoms with van der Waals surface area (Å²) in [4.78, 5) is 0.696. The van der Waals surface area contributed by atoms with Crippen LogP contribution in [0.3, 0.4) is 0 Å². The average Bonchev–Trinajstić information content (AvgIpc) is 2.99. The molecule has 6 heteroatoms. The van der Waals surface area contributed by atoms with Crippen molar-refractivity contribution in [2.24, 2.45) is 16.2 Å². The minimum atomic E-state index is -2.66. The zero-order valence-corrected chi connectivity index (χ0v) is 16.7. The number of rotatable bonds is 3. The fourth-order valence-corrected chi connectivity index (χ4v) is 9.51. The van der Waals surface area contributed by atoms with Crippen molar-refractivity contribution >= 4 is 33.3 Å². The molecule has 1 heterocycles. The predicted molar refractivity (Wildman–Crippen MR) is 109 cm³/mol. The van der Waals surface area contributed by atoms with Crippen LogP contribution in [0.1, 0.15) is 6.42 Å². The molecule has 0 amide bonds. The maximum Gasteiger partial charge on any atom is 0.102 e. The quantitative estimate of drug-likeness (QED) is 0.794. The number of aliphatic hydroxyl groups is 1. The van der Waals surface area contributed by atoms with Crippen LogP contribution in [-0.4, -0.2) is 43.3 Å². The summed E-state index contributed by atoms with van der Waals surface area (Å²) in [5.41, 5.74) is -1.12. The van der Waals surface area contributed by atoms with Gasteiger partial charge in [-0.3, -0.25) is 0 Å². The monoisotopic (exact) mass is 393 g/mol. The second-order valence-corrected chi connectivity index (χ2v) is 12.4. The highest BCUT2D eigenvalue weighted by molar-refractivity contribution is 8.21. The molecular formula is C19H23NO2S3. The van der Waals surface area contributed by atoms with Crippen molar-refractivity contribution in [3.05, 3.63) is 54.6 Å². The van der Waals surface area contributed by atoms with E-state index in [9.17, 15) is 9.32 Å². The molecule has 1 unspecified atom stereocenters. The number of nitrogens with zero attached hydrogens (tertiary/aromatic N) is 1. The molecule has 25 heavy (non-hydrogen) atoms. The Bertz CT molecular complexity index is 820. The summed E-state index contributed by atoms with van der Waals surface area (Å²) in [6.07, 6.45) is 9.33. The number of fused-ring (bicyclic) bond motifs is 1. The third kappa shape index (κ3) is 3.01. The van der Waals surface area contributed by atoms with Crippen molar-refractivity contribution in [3.8, 4) is 0 Å². The lowest BCUT2D eigenvalue weighted by molar-refractivity contribution is 0.0666. The first-order chi connectivity index (χ1) is 12.0. The van der Waals surface area contributed by atoms with E-state index < -0.39 is 15.3 Å². The Balaban J connectivity index is 1.69. The first-order valence-corrected chi connectivity index (χ1v) is 12.2. The van der Waals surface area contributed by atoms with Gasteiger partial charge in [-0.15, -0.1) is 23.5 Å². The smallest absolute Gasteiger partial charge is 0.102 e. The molecule has 1 aliphatic heterocycles. The Morgan fingerprint density at radius 1 is 1.20 bits per heavy atom. The molecule has 0 aromatic heterocycles. The third-order valence-electron chi connectivity index (χ3n) is 5.41. The van der Waals surface area contributed by atoms with E-state index in [4.69, 9.17) is 0 Å². The van der Waals surface area contributed by atoms with E-state index >= 15 is 0 Å². The second kappa shape index (κ2) is 6.48. The summed E-state index contributed by atoms with van der Waals surface area (Å²) >= 11 is 4.04. The lowest BCUT2D eigenvalue weighted by Gasteiger charge is -2.40. The average molecular weight is 394 g/mol. The first-order valence-electron chi connectivity index (χ1n) is 8.56. The van der Waals surface area contributed by atoms with Crippen molar-refractivity contribution < 1.29 is 9.32 Å². The topological polar surface area (TPSA) is 49.7 Å². The van der Waals surface area contributed by atoms with Gasteiger partial charge >= 0.3 is 0 Å². The van der Waals surface area contributed by atoms with Crippen molar-refractivity contribution in [3.63, 3.8) is 0 Å². The van der Waals surface area contributed by atoms with Crippen molar-refractivity contribution in [1.29, 1.82) is 0 Å². The summed E-state index contributed by atoms with van der Waals surface area (Å²) in [5, 5.41) is 11.5. The molecule has 134 valence electrons. The Labute approximate surface area is 158 Å². The Morgan fingerprint density at radius 3 is 2.60 bits per heavy atom. The van der Waals surface area contributed by atoms with Crippen LogP contribution in [-0.2, 0) is 9.73 Å². The van der Waals surface area contributed by atoms with Gasteiger partial charge in [0.2, 0.25) is 0 Å². The number of benzene rings is 1. The van der Waals surface area contributed by atoms with Gasteiger partial charge in [0.1, 0.15) is 5.60 Å². The maximum atomic E-state index is 13.5. The molecule has 1 fully saturated rings. The van der Waals surface area contributed by atoms with Crippen LogP contribution in [0.25, 0.3) is 0 Å². The second-order valence-electron chi connectivity index (χ2n) is 6.86. The largest absolute Gasteiger partial charge is 0.384 e. The Kier molecular flexibility index (Phi) is 4.59. The van der Waals surface area contributed by atoms with E-state index in [0.717, 1.165) is 6.42 Å². The normalized spacial score (nSPS) is 34.8. The molecule has 0 saturated carbocycles. The highest BCUT2D eigenvalue weighted by Crippen LogP contribution is 2.58. The van der Waals surface area contributed by atoms with Crippen LogP contribution >= 0.6 is 23.5 Å². The molecule has 1 aromatic carbocycles. The van der Waals surface area contributed by atoms with E-state index in [0.29, 0.717) is 10.8 Å². The third-order valence-corrected chi connectivity index (χ3v) is 11.5. The zero-order valence-electron chi connectivity index (χ0n) is 14.2. The highest BCUT2D eigenvalue weighted by atomic mass is 32.2. The molecule has 4 aliphatic rings. The van der Waals surface area contributed by atoms with Crippen molar-refractivity contribution in [1.82, 2.24) is 0 Å². The van der Waals surface area contributed by atoms with E-state index in [1.165, 1.54) is 11.5 Å². The van der Waals surface area contributed by atoms with Crippen LogP contribution in [0.5, 0.6) is 0 Å². The molecule has 0 radical (unpaired) electrons. The van der Waals surface area contributed by atoms with Gasteiger partial charge in [0, 0.05) is 35.3 Å². The van der Waals surface area contributed by atoms with E-state index in [2.05, 4.69) is 22.6 Å². The summed E-state index contributed by atoms with van der Waals surface area (Å²) in [6.45, 7) is 0. The maximum absolute atomic E-state index is 13.5. The Morgan fingerprint density at radius 2 is 1.92 bits per heavy atom. The van der Waals surface area contributed by atoms with Gasteiger partial charge in [-0.1, -0.05) is 42.5 Å². The molecule has 1 spiro atoms. The lowest BCUT2D eigenvalue weighted by Crippen LogP contribution is -2.44. The molecule has 1 saturated heterocycles. The summed E-state index contributed by atoms with van der Waals surface area (Å²) in [5.74, 6) is 2.79. The fraction of sp³-hybridized carbons (Fsp3) is 0.474. The standard InChI is InChI=1S/C19H23NO2S3/c1-20-25(22,17-5-3-2-4-6-17)14-18(21)10-9-15-7-8-16(18)13-19(15)23-11-12-24-19/h2-10,15-16,21H,11-14H2,1H3/t15-,16-,18-,25?/m0/s1. The van der Waals surface area contributed by atoms with Gasteiger partial charge in [-0.05, 0) is 18.6 Å². The summed E-state index contributed by atoms with van der Waals surface area (Å²) in [6, 6.07) is 9.34. The first kappa shape index (κ1) is 17.7. The van der Waals surface area contributed by atoms with Gasteiger partial charge in [-0.2, -0.15) is 0 Å². The minimum Gasteiger partial charge on any atom is -0.384 e. The summed E-state index contributed by atoms with van der Waals surface area (Å²) < 4.78 is 17.9. The van der Waals surface area contributed by atoms with Crippen LogP contribution in [0.2, 0.25) is 0 Å². The van der Waals surface area contributed by atoms with Crippen molar-refractivity contribution in [2.75, 3.05) is 24.3 Å². The minimum absolute atomic E-state index is 0.0214. The summed E-state index contributed by atoms with van der Waals surface area (Å²) in [7, 11) is -1.07. The molecule has 2 bridgehead atoms. The molecule has 3 nitrogen and oxygen atoms in total. The van der Waals surface area contributed by atoms with Gasteiger partial charge in [0.25, 0.3) is 0 Å². The van der Waals surface area contributed by atoms with Gasteiger partial charge in [-0.25, -0.2) is 8.57 Å². The number of hydrogen-bond acceptors (Lipinski definition) is 5.